The number of aryl methyl sites for hydroxylation is 1. The minimum atomic E-state index is -0.649. The average molecular weight is 454 g/mol. The third kappa shape index (κ3) is 3.37. The maximum absolute atomic E-state index is 13.4. The van der Waals surface area contributed by atoms with Crippen molar-refractivity contribution in [3.8, 4) is 5.75 Å². The van der Waals surface area contributed by atoms with Gasteiger partial charge in [0.25, 0.3) is 5.78 Å². The Morgan fingerprint density at radius 2 is 1.94 bits per heavy atom. The van der Waals surface area contributed by atoms with Gasteiger partial charge in [-0.3, -0.25) is 9.59 Å². The molecule has 0 bridgehead atoms. The van der Waals surface area contributed by atoms with Crippen LogP contribution >= 0.6 is 0 Å². The zero-order chi connectivity index (χ0) is 24.0. The lowest BCUT2D eigenvalue weighted by atomic mass is 9.95. The van der Waals surface area contributed by atoms with E-state index in [-0.39, 0.29) is 11.7 Å². The van der Waals surface area contributed by atoms with Crippen molar-refractivity contribution in [2.45, 2.75) is 33.7 Å². The fraction of sp³-hybridized carbons (Fsp3) is 0.185. The predicted octanol–water partition coefficient (Wildman–Crippen LogP) is 5.28. The van der Waals surface area contributed by atoms with Crippen LogP contribution < -0.4 is 4.74 Å². The second kappa shape index (κ2) is 8.26. The molecule has 7 nitrogen and oxygen atoms in total. The maximum atomic E-state index is 13.4. The summed E-state index contributed by atoms with van der Waals surface area (Å²) in [5.41, 5.74) is 4.39. The monoisotopic (exact) mass is 454 g/mol. The largest absolute Gasteiger partial charge is 0.432 e. The van der Waals surface area contributed by atoms with Crippen molar-refractivity contribution >= 4 is 45.2 Å². The number of hydrogen-bond acceptors (Lipinski definition) is 6. The van der Waals surface area contributed by atoms with Crippen LogP contribution in [-0.4, -0.2) is 28.0 Å². The number of Topliss-reactive ketones (excluding diaryl/α,β-unsaturated/α-hetero) is 2. The van der Waals surface area contributed by atoms with E-state index >= 15 is 0 Å². The number of oxime groups is 1. The zero-order valence-electron chi connectivity index (χ0n) is 19.0. The van der Waals surface area contributed by atoms with Gasteiger partial charge in [0.05, 0.1) is 16.5 Å². The lowest BCUT2D eigenvalue weighted by Gasteiger charge is -2.08. The highest BCUT2D eigenvalue weighted by Crippen LogP contribution is 2.41. The molecule has 0 N–H and O–H groups in total. The van der Waals surface area contributed by atoms with Crippen LogP contribution in [0.5, 0.6) is 5.75 Å². The molecule has 2 heterocycles. The summed E-state index contributed by atoms with van der Waals surface area (Å²) in [5, 5.41) is 5.10. The van der Waals surface area contributed by atoms with Gasteiger partial charge >= 0.3 is 11.9 Å². The van der Waals surface area contributed by atoms with Gasteiger partial charge < -0.3 is 14.1 Å². The first-order valence-electron chi connectivity index (χ1n) is 11.1. The molecule has 0 amide bonds. The van der Waals surface area contributed by atoms with E-state index in [0.717, 1.165) is 33.0 Å². The molecular weight excluding hydrogens is 432 g/mol. The Morgan fingerprint density at radius 1 is 1.15 bits per heavy atom. The standard InChI is InChI=1S/C27H22N2O5/c1-4-29-21-12-10-17(24(31)18-9-7-5-6-8-15(18)2)14-20(21)23-22(29)13-11-19-25(32)27(33-26(19)23)28-34-16(3)30/h5-8,10-14H,4,9H2,1-3H3/b28-27+. The number of allylic oxidation sites excluding steroid dienone is 6. The van der Waals surface area contributed by atoms with Crippen molar-refractivity contribution in [2.24, 2.45) is 5.16 Å². The summed E-state index contributed by atoms with van der Waals surface area (Å²) >= 11 is 0. The number of carbonyl (C=O) groups excluding carboxylic acids is 3. The van der Waals surface area contributed by atoms with Crippen molar-refractivity contribution in [2.75, 3.05) is 0 Å². The van der Waals surface area contributed by atoms with Crippen LogP contribution in [0.3, 0.4) is 0 Å². The van der Waals surface area contributed by atoms with E-state index in [4.69, 9.17) is 4.74 Å². The van der Waals surface area contributed by atoms with Gasteiger partial charge in [-0.15, -0.1) is 0 Å². The van der Waals surface area contributed by atoms with E-state index in [2.05, 4.69) is 14.6 Å². The molecule has 7 heteroatoms. The number of fused-ring (bicyclic) bond motifs is 5. The molecule has 0 radical (unpaired) electrons. The summed E-state index contributed by atoms with van der Waals surface area (Å²) in [6.45, 7) is 5.85. The first kappa shape index (κ1) is 21.6. The molecule has 2 aromatic carbocycles. The van der Waals surface area contributed by atoms with Gasteiger partial charge in [-0.25, -0.2) is 4.79 Å². The molecule has 5 rings (SSSR count). The molecule has 0 spiro atoms. The molecule has 1 aliphatic heterocycles. The van der Waals surface area contributed by atoms with Crippen LogP contribution in [0.15, 0.2) is 70.9 Å². The third-order valence-electron chi connectivity index (χ3n) is 6.12. The summed E-state index contributed by atoms with van der Waals surface area (Å²) in [6, 6.07) is 9.18. The number of ketones is 2. The SMILES string of the molecule is CCn1c2ccc(C(=O)C3=C(C)C=CC=CC3)cc2c2c3c(ccc21)C(=O)/C(=N\OC(C)=O)O3. The summed E-state index contributed by atoms with van der Waals surface area (Å²) in [6.07, 6.45) is 8.34. The molecule has 0 saturated carbocycles. The molecule has 0 atom stereocenters. The number of benzene rings is 2. The predicted molar refractivity (Wildman–Crippen MR) is 129 cm³/mol. The highest BCUT2D eigenvalue weighted by molar-refractivity contribution is 6.47. The third-order valence-corrected chi connectivity index (χ3v) is 6.12. The zero-order valence-corrected chi connectivity index (χ0v) is 19.0. The Labute approximate surface area is 195 Å². The molecule has 0 fully saturated rings. The van der Waals surface area contributed by atoms with E-state index in [9.17, 15) is 14.4 Å². The second-order valence-electron chi connectivity index (χ2n) is 8.21. The summed E-state index contributed by atoms with van der Waals surface area (Å²) in [7, 11) is 0. The number of aromatic nitrogens is 1. The summed E-state index contributed by atoms with van der Waals surface area (Å²) in [4.78, 5) is 42.0. The van der Waals surface area contributed by atoms with Gasteiger partial charge in [0.15, 0.2) is 11.5 Å². The Morgan fingerprint density at radius 3 is 2.71 bits per heavy atom. The Bertz CT molecular complexity index is 1530. The lowest BCUT2D eigenvalue weighted by molar-refractivity contribution is -0.141. The highest BCUT2D eigenvalue weighted by atomic mass is 16.7. The van der Waals surface area contributed by atoms with Crippen molar-refractivity contribution in [3.05, 3.63) is 76.9 Å². The van der Waals surface area contributed by atoms with Gasteiger partial charge in [0.2, 0.25) is 0 Å². The maximum Gasteiger partial charge on any atom is 0.332 e. The minimum absolute atomic E-state index is 0.0327. The van der Waals surface area contributed by atoms with E-state index in [1.54, 1.807) is 6.07 Å². The number of carbonyl (C=O) groups is 3. The summed E-state index contributed by atoms with van der Waals surface area (Å²) in [5.74, 6) is -1.08. The number of ether oxygens (including phenoxy) is 1. The van der Waals surface area contributed by atoms with Crippen molar-refractivity contribution < 1.29 is 24.0 Å². The first-order valence-corrected chi connectivity index (χ1v) is 11.1. The Balaban J connectivity index is 1.70. The summed E-state index contributed by atoms with van der Waals surface area (Å²) < 4.78 is 7.90. The van der Waals surface area contributed by atoms with Crippen LogP contribution in [-0.2, 0) is 16.2 Å². The van der Waals surface area contributed by atoms with Gasteiger partial charge in [-0.05, 0) is 61.3 Å². The van der Waals surface area contributed by atoms with E-state index < -0.39 is 11.8 Å². The van der Waals surface area contributed by atoms with Crippen LogP contribution in [0.4, 0.5) is 0 Å². The van der Waals surface area contributed by atoms with E-state index in [1.807, 2.05) is 62.4 Å². The molecule has 0 saturated heterocycles. The molecular formula is C27H22N2O5. The normalized spacial score (nSPS) is 16.3. The van der Waals surface area contributed by atoms with E-state index in [1.165, 1.54) is 6.92 Å². The first-order chi connectivity index (χ1) is 16.4. The molecule has 170 valence electrons. The molecule has 34 heavy (non-hydrogen) atoms. The topological polar surface area (TPSA) is 87.0 Å². The fourth-order valence-electron chi connectivity index (χ4n) is 4.52. The average Bonchev–Trinajstić information content (AvgIpc) is 3.22. The van der Waals surface area contributed by atoms with Crippen molar-refractivity contribution in [3.63, 3.8) is 0 Å². The quantitative estimate of drug-likeness (QED) is 0.304. The molecule has 2 aliphatic rings. The Hall–Kier alpha value is -4.26. The molecule has 1 aromatic heterocycles. The lowest BCUT2D eigenvalue weighted by Crippen LogP contribution is -2.13. The van der Waals surface area contributed by atoms with E-state index in [0.29, 0.717) is 29.8 Å². The molecule has 3 aromatic rings. The highest BCUT2D eigenvalue weighted by Gasteiger charge is 2.33. The fourth-order valence-corrected chi connectivity index (χ4v) is 4.52. The van der Waals surface area contributed by atoms with Gasteiger partial charge in [0.1, 0.15) is 0 Å². The Kier molecular flexibility index (Phi) is 5.24. The van der Waals surface area contributed by atoms with Gasteiger partial charge in [-0.1, -0.05) is 24.3 Å². The number of rotatable bonds is 4. The van der Waals surface area contributed by atoms with Crippen LogP contribution in [0.2, 0.25) is 0 Å². The molecule has 1 aliphatic carbocycles. The van der Waals surface area contributed by atoms with Crippen molar-refractivity contribution in [1.29, 1.82) is 0 Å². The number of hydrogen-bond donors (Lipinski definition) is 0. The van der Waals surface area contributed by atoms with Gasteiger partial charge in [0, 0.05) is 35.5 Å². The molecule has 0 unspecified atom stereocenters. The second-order valence-corrected chi connectivity index (χ2v) is 8.21. The van der Waals surface area contributed by atoms with Crippen molar-refractivity contribution in [1.82, 2.24) is 4.57 Å². The van der Waals surface area contributed by atoms with Crippen LogP contribution in [0.1, 0.15) is 47.9 Å². The van der Waals surface area contributed by atoms with Crippen LogP contribution in [0.25, 0.3) is 21.8 Å². The van der Waals surface area contributed by atoms with Crippen LogP contribution in [0, 0.1) is 0 Å². The minimum Gasteiger partial charge on any atom is -0.432 e. The number of nitrogens with zero attached hydrogens (tertiary/aromatic N) is 2. The smallest absolute Gasteiger partial charge is 0.332 e. The van der Waals surface area contributed by atoms with Gasteiger partial charge in [-0.2, -0.15) is 0 Å².